The lowest BCUT2D eigenvalue weighted by molar-refractivity contribution is -0.148. The Morgan fingerprint density at radius 1 is 1.32 bits per heavy atom. The van der Waals surface area contributed by atoms with Crippen LogP contribution in [0.2, 0.25) is 0 Å². The van der Waals surface area contributed by atoms with E-state index in [1.807, 2.05) is 6.08 Å². The fraction of sp³-hybridized carbons (Fsp3) is 0.529. The average Bonchev–Trinajstić information content (AvgIpc) is 3.01. The van der Waals surface area contributed by atoms with Gasteiger partial charge in [0.2, 0.25) is 0 Å². The highest BCUT2D eigenvalue weighted by molar-refractivity contribution is 5.72. The number of ether oxygens (including phenoxy) is 1. The molecule has 0 aromatic carbocycles. The highest BCUT2D eigenvalue weighted by atomic mass is 16.5. The molecular weight excluding hydrogens is 324 g/mol. The van der Waals surface area contributed by atoms with Gasteiger partial charge in [0.25, 0.3) is 5.56 Å². The summed E-state index contributed by atoms with van der Waals surface area (Å²) < 4.78 is 9.42. The highest BCUT2D eigenvalue weighted by Crippen LogP contribution is 2.19. The van der Waals surface area contributed by atoms with Crippen molar-refractivity contribution in [3.8, 4) is 0 Å². The van der Waals surface area contributed by atoms with Gasteiger partial charge in [0.15, 0.2) is 11.2 Å². The lowest BCUT2D eigenvalue weighted by Gasteiger charge is -2.16. The number of hydrogen-bond acceptors (Lipinski definition) is 5. The Labute approximate surface area is 144 Å². The van der Waals surface area contributed by atoms with Crippen LogP contribution in [-0.4, -0.2) is 31.3 Å². The van der Waals surface area contributed by atoms with Gasteiger partial charge in [-0.25, -0.2) is 9.78 Å². The Hall–Kier alpha value is -2.64. The zero-order valence-electron chi connectivity index (χ0n) is 14.5. The number of carbonyl (C=O) groups is 1. The van der Waals surface area contributed by atoms with Crippen molar-refractivity contribution in [2.45, 2.75) is 32.2 Å². The molecule has 1 atom stereocenters. The van der Waals surface area contributed by atoms with Crippen molar-refractivity contribution in [3.05, 3.63) is 39.3 Å². The monoisotopic (exact) mass is 346 g/mol. The van der Waals surface area contributed by atoms with E-state index in [1.54, 1.807) is 18.7 Å². The van der Waals surface area contributed by atoms with Crippen molar-refractivity contribution in [2.24, 2.45) is 20.0 Å². The van der Waals surface area contributed by atoms with Crippen molar-refractivity contribution in [3.63, 3.8) is 0 Å². The lowest BCUT2D eigenvalue weighted by Crippen LogP contribution is -2.39. The normalized spacial score (nSPS) is 17.1. The zero-order chi connectivity index (χ0) is 18.0. The first-order valence-corrected chi connectivity index (χ1v) is 8.43. The number of aromatic nitrogens is 4. The van der Waals surface area contributed by atoms with Crippen molar-refractivity contribution in [2.75, 3.05) is 6.61 Å². The summed E-state index contributed by atoms with van der Waals surface area (Å²) in [6, 6.07) is 0. The predicted molar refractivity (Wildman–Crippen MR) is 92.3 cm³/mol. The molecule has 0 amide bonds. The first-order valence-electron chi connectivity index (χ1n) is 8.43. The van der Waals surface area contributed by atoms with E-state index >= 15 is 0 Å². The topological polar surface area (TPSA) is 88.1 Å². The second-order valence-electron chi connectivity index (χ2n) is 6.33. The zero-order valence-corrected chi connectivity index (χ0v) is 14.5. The summed E-state index contributed by atoms with van der Waals surface area (Å²) in [5.41, 5.74) is -0.0413. The van der Waals surface area contributed by atoms with E-state index in [1.165, 1.54) is 15.5 Å². The van der Waals surface area contributed by atoms with Crippen molar-refractivity contribution >= 4 is 17.1 Å². The van der Waals surface area contributed by atoms with Crippen LogP contribution in [-0.2, 0) is 30.2 Å². The Morgan fingerprint density at radius 2 is 2.12 bits per heavy atom. The van der Waals surface area contributed by atoms with Crippen LogP contribution in [0.1, 0.15) is 25.7 Å². The molecule has 0 unspecified atom stereocenters. The van der Waals surface area contributed by atoms with E-state index < -0.39 is 5.69 Å². The van der Waals surface area contributed by atoms with Gasteiger partial charge in [-0.1, -0.05) is 12.2 Å². The molecule has 0 saturated carbocycles. The number of imidazole rings is 1. The van der Waals surface area contributed by atoms with Crippen LogP contribution in [0.15, 0.2) is 28.1 Å². The Kier molecular flexibility index (Phi) is 4.87. The van der Waals surface area contributed by atoms with Gasteiger partial charge in [-0.2, -0.15) is 0 Å². The van der Waals surface area contributed by atoms with Crippen LogP contribution in [0.25, 0.3) is 11.2 Å². The second-order valence-corrected chi connectivity index (χ2v) is 6.33. The second kappa shape index (κ2) is 7.08. The molecule has 8 heteroatoms. The maximum absolute atomic E-state index is 12.5. The van der Waals surface area contributed by atoms with Gasteiger partial charge in [-0.3, -0.25) is 18.7 Å². The third kappa shape index (κ3) is 3.29. The highest BCUT2D eigenvalue weighted by Gasteiger charge is 2.20. The molecule has 0 aliphatic heterocycles. The lowest BCUT2D eigenvalue weighted by atomic mass is 9.95. The molecule has 0 N–H and O–H groups in total. The molecule has 0 radical (unpaired) electrons. The summed E-state index contributed by atoms with van der Waals surface area (Å²) in [5, 5.41) is 0. The summed E-state index contributed by atoms with van der Waals surface area (Å²) >= 11 is 0. The molecule has 0 fully saturated rings. The third-order valence-electron chi connectivity index (χ3n) is 4.57. The summed E-state index contributed by atoms with van der Waals surface area (Å²) in [5.74, 6) is -0.280. The first-order chi connectivity index (χ1) is 12.0. The fourth-order valence-corrected chi connectivity index (χ4v) is 3.11. The summed E-state index contributed by atoms with van der Waals surface area (Å²) in [4.78, 5) is 41.0. The molecule has 25 heavy (non-hydrogen) atoms. The summed E-state index contributed by atoms with van der Waals surface area (Å²) in [6.45, 7) is 0.391. The molecule has 0 bridgehead atoms. The number of allylic oxidation sites excluding steroid dienone is 2. The Bertz CT molecular complexity index is 934. The third-order valence-corrected chi connectivity index (χ3v) is 4.57. The van der Waals surface area contributed by atoms with Crippen molar-refractivity contribution < 1.29 is 9.53 Å². The Morgan fingerprint density at radius 3 is 2.84 bits per heavy atom. The van der Waals surface area contributed by atoms with E-state index in [4.69, 9.17) is 4.74 Å². The minimum atomic E-state index is -0.417. The van der Waals surface area contributed by atoms with Crippen LogP contribution >= 0.6 is 0 Å². The summed E-state index contributed by atoms with van der Waals surface area (Å²) in [7, 11) is 3.30. The number of rotatable bonds is 5. The molecule has 3 rings (SSSR count). The van der Waals surface area contributed by atoms with Crippen LogP contribution in [0.3, 0.4) is 0 Å². The van der Waals surface area contributed by atoms with E-state index in [2.05, 4.69) is 11.1 Å². The number of nitrogens with zero attached hydrogens (tertiary/aromatic N) is 4. The molecule has 134 valence electrons. The van der Waals surface area contributed by atoms with Crippen LogP contribution < -0.4 is 11.2 Å². The SMILES string of the molecule is Cn1cnc2c1c(=O)n(CCCOC(=O)[C@H]1CC=CCC1)c(=O)n2C. The number of fused-ring (bicyclic) bond motifs is 1. The van der Waals surface area contributed by atoms with Crippen LogP contribution in [0, 0.1) is 5.92 Å². The van der Waals surface area contributed by atoms with Gasteiger partial charge in [-0.15, -0.1) is 0 Å². The first kappa shape index (κ1) is 17.2. The molecule has 0 saturated heterocycles. The van der Waals surface area contributed by atoms with Gasteiger partial charge in [0.05, 0.1) is 18.9 Å². The molecule has 8 nitrogen and oxygen atoms in total. The van der Waals surface area contributed by atoms with Gasteiger partial charge >= 0.3 is 11.7 Å². The quantitative estimate of drug-likeness (QED) is 0.452. The molecule has 0 spiro atoms. The predicted octanol–water partition coefficient (Wildman–Crippen LogP) is 0.723. The van der Waals surface area contributed by atoms with Crippen LogP contribution in [0.4, 0.5) is 0 Å². The number of carbonyl (C=O) groups excluding carboxylic acids is 1. The largest absolute Gasteiger partial charge is 0.465 e. The van der Waals surface area contributed by atoms with Crippen molar-refractivity contribution in [1.82, 2.24) is 18.7 Å². The number of esters is 1. The molecular formula is C17H22N4O4. The molecule has 2 heterocycles. The van der Waals surface area contributed by atoms with Gasteiger partial charge < -0.3 is 9.30 Å². The minimum absolute atomic E-state index is 0.0774. The van der Waals surface area contributed by atoms with Crippen molar-refractivity contribution in [1.29, 1.82) is 0 Å². The number of aryl methyl sites for hydroxylation is 2. The van der Waals surface area contributed by atoms with Gasteiger partial charge in [0, 0.05) is 20.6 Å². The summed E-state index contributed by atoms with van der Waals surface area (Å²) in [6.07, 6.45) is 8.42. The fourth-order valence-electron chi connectivity index (χ4n) is 3.11. The van der Waals surface area contributed by atoms with E-state index in [-0.39, 0.29) is 30.6 Å². The van der Waals surface area contributed by atoms with E-state index in [0.29, 0.717) is 17.6 Å². The standard InChI is InChI=1S/C17H22N4O4/c1-19-11-18-14-13(19)15(22)21(17(24)20(14)2)9-6-10-25-16(23)12-7-4-3-5-8-12/h3-4,11-12H,5-10H2,1-2H3/t12-/m0/s1. The smallest absolute Gasteiger partial charge is 0.332 e. The average molecular weight is 346 g/mol. The maximum atomic E-state index is 12.5. The van der Waals surface area contributed by atoms with E-state index in [9.17, 15) is 14.4 Å². The van der Waals surface area contributed by atoms with Crippen LogP contribution in [0.5, 0.6) is 0 Å². The number of hydrogen-bond donors (Lipinski definition) is 0. The molecule has 1 aliphatic rings. The van der Waals surface area contributed by atoms with E-state index in [0.717, 1.165) is 19.3 Å². The molecule has 1 aliphatic carbocycles. The van der Waals surface area contributed by atoms with Gasteiger partial charge in [0.1, 0.15) is 0 Å². The minimum Gasteiger partial charge on any atom is -0.465 e. The molecule has 2 aromatic rings. The molecule has 2 aromatic heterocycles. The Balaban J connectivity index is 1.66. The maximum Gasteiger partial charge on any atom is 0.332 e. The van der Waals surface area contributed by atoms with Gasteiger partial charge in [-0.05, 0) is 25.7 Å².